The number of carbonyl (C=O) groups excluding carboxylic acids is 1. The molecule has 0 bridgehead atoms. The van der Waals surface area contributed by atoms with Gasteiger partial charge in [0.15, 0.2) is 11.4 Å². The van der Waals surface area contributed by atoms with E-state index < -0.39 is 0 Å². The van der Waals surface area contributed by atoms with E-state index in [-0.39, 0.29) is 12.3 Å². The maximum atomic E-state index is 11.9. The molecular formula is C13H11N3O3. The van der Waals surface area contributed by atoms with E-state index in [0.717, 1.165) is 5.39 Å². The number of hydrogen-bond donors (Lipinski definition) is 1. The molecule has 3 rings (SSSR count). The Hall–Kier alpha value is -2.63. The Kier molecular flexibility index (Phi) is 2.75. The van der Waals surface area contributed by atoms with Crippen LogP contribution >= 0.6 is 0 Å². The third-order valence-electron chi connectivity index (χ3n) is 2.68. The second kappa shape index (κ2) is 4.56. The van der Waals surface area contributed by atoms with Crippen molar-refractivity contribution >= 4 is 22.7 Å². The van der Waals surface area contributed by atoms with Crippen molar-refractivity contribution in [3.8, 4) is 0 Å². The molecule has 0 aliphatic rings. The van der Waals surface area contributed by atoms with Crippen molar-refractivity contribution in [1.29, 1.82) is 0 Å². The highest BCUT2D eigenvalue weighted by Crippen LogP contribution is 2.18. The van der Waals surface area contributed by atoms with Crippen LogP contribution in [0, 0.1) is 6.92 Å². The number of nitrogens with zero attached hydrogens (tertiary/aromatic N) is 2. The standard InChI is InChI=1S/C13H11N3O3/c1-8-6-12(16-18-8)14-13(17)7-10-9-4-2-3-5-11(9)19-15-10/h2-6H,7H2,1H3,(H,14,16,17). The lowest BCUT2D eigenvalue weighted by Crippen LogP contribution is -2.14. The largest absolute Gasteiger partial charge is 0.360 e. The number of hydrogen-bond acceptors (Lipinski definition) is 5. The molecule has 0 radical (unpaired) electrons. The molecule has 0 unspecified atom stereocenters. The van der Waals surface area contributed by atoms with E-state index in [9.17, 15) is 4.79 Å². The first-order valence-electron chi connectivity index (χ1n) is 5.79. The van der Waals surface area contributed by atoms with E-state index in [0.29, 0.717) is 22.9 Å². The van der Waals surface area contributed by atoms with Crippen LogP contribution in [-0.4, -0.2) is 16.2 Å². The predicted molar refractivity (Wildman–Crippen MR) is 67.6 cm³/mol. The van der Waals surface area contributed by atoms with Crippen LogP contribution in [-0.2, 0) is 11.2 Å². The molecule has 0 saturated heterocycles. The SMILES string of the molecule is Cc1cc(NC(=O)Cc2noc3ccccc23)no1. The highest BCUT2D eigenvalue weighted by atomic mass is 16.5. The van der Waals surface area contributed by atoms with E-state index in [1.165, 1.54) is 0 Å². The number of amides is 1. The van der Waals surface area contributed by atoms with Gasteiger partial charge in [0.25, 0.3) is 0 Å². The molecule has 1 N–H and O–H groups in total. The molecule has 3 aromatic rings. The minimum atomic E-state index is -0.215. The highest BCUT2D eigenvalue weighted by Gasteiger charge is 2.13. The van der Waals surface area contributed by atoms with E-state index in [1.54, 1.807) is 13.0 Å². The number of aromatic nitrogens is 2. The van der Waals surface area contributed by atoms with E-state index >= 15 is 0 Å². The molecule has 0 atom stereocenters. The summed E-state index contributed by atoms with van der Waals surface area (Å²) in [6.07, 6.45) is 0.128. The van der Waals surface area contributed by atoms with Crippen LogP contribution in [0.15, 0.2) is 39.4 Å². The number of benzene rings is 1. The summed E-state index contributed by atoms with van der Waals surface area (Å²) in [5.74, 6) is 0.824. The van der Waals surface area contributed by atoms with Crippen molar-refractivity contribution in [2.75, 3.05) is 5.32 Å². The Morgan fingerprint density at radius 3 is 2.89 bits per heavy atom. The monoisotopic (exact) mass is 257 g/mol. The highest BCUT2D eigenvalue weighted by molar-refractivity contribution is 5.93. The zero-order valence-electron chi connectivity index (χ0n) is 10.2. The second-order valence-corrected chi connectivity index (χ2v) is 4.17. The summed E-state index contributed by atoms with van der Waals surface area (Å²) in [7, 11) is 0. The molecule has 0 spiro atoms. The topological polar surface area (TPSA) is 81.2 Å². The maximum Gasteiger partial charge on any atom is 0.231 e. The zero-order chi connectivity index (χ0) is 13.2. The van der Waals surface area contributed by atoms with E-state index in [2.05, 4.69) is 15.6 Å². The molecule has 0 saturated carbocycles. The summed E-state index contributed by atoms with van der Waals surface area (Å²) in [6.45, 7) is 1.76. The van der Waals surface area contributed by atoms with Gasteiger partial charge in [0.2, 0.25) is 5.91 Å². The lowest BCUT2D eigenvalue weighted by Gasteiger charge is -1.98. The molecule has 0 fully saturated rings. The quantitative estimate of drug-likeness (QED) is 0.778. The van der Waals surface area contributed by atoms with Gasteiger partial charge in [0.1, 0.15) is 11.5 Å². The molecular weight excluding hydrogens is 246 g/mol. The Bertz CT molecular complexity index is 729. The first-order chi connectivity index (χ1) is 9.22. The van der Waals surface area contributed by atoms with Gasteiger partial charge in [-0.15, -0.1) is 0 Å². The molecule has 2 aromatic heterocycles. The van der Waals surface area contributed by atoms with Crippen molar-refractivity contribution in [3.63, 3.8) is 0 Å². The number of rotatable bonds is 3. The normalized spacial score (nSPS) is 10.8. The summed E-state index contributed by atoms with van der Waals surface area (Å²) in [5, 5.41) is 11.1. The number of carbonyl (C=O) groups is 1. The van der Waals surface area contributed by atoms with Gasteiger partial charge in [-0.1, -0.05) is 22.4 Å². The Morgan fingerprint density at radius 1 is 1.26 bits per heavy atom. The molecule has 1 amide bonds. The molecule has 6 nitrogen and oxygen atoms in total. The number of nitrogens with one attached hydrogen (secondary N) is 1. The minimum Gasteiger partial charge on any atom is -0.360 e. The van der Waals surface area contributed by atoms with Crippen LogP contribution in [0.4, 0.5) is 5.82 Å². The minimum absolute atomic E-state index is 0.128. The van der Waals surface area contributed by atoms with Crippen LogP contribution < -0.4 is 5.32 Å². The second-order valence-electron chi connectivity index (χ2n) is 4.17. The first kappa shape index (κ1) is 11.5. The fourth-order valence-corrected chi connectivity index (χ4v) is 1.83. The van der Waals surface area contributed by atoms with Crippen LogP contribution in [0.25, 0.3) is 11.0 Å². The fourth-order valence-electron chi connectivity index (χ4n) is 1.83. The van der Waals surface area contributed by atoms with Gasteiger partial charge in [-0.25, -0.2) is 0 Å². The molecule has 19 heavy (non-hydrogen) atoms. The third kappa shape index (κ3) is 2.33. The average molecular weight is 257 g/mol. The molecule has 96 valence electrons. The third-order valence-corrected chi connectivity index (χ3v) is 2.68. The van der Waals surface area contributed by atoms with E-state index in [1.807, 2.05) is 24.3 Å². The van der Waals surface area contributed by atoms with Crippen LogP contribution in [0.1, 0.15) is 11.5 Å². The lowest BCUT2D eigenvalue weighted by atomic mass is 10.1. The van der Waals surface area contributed by atoms with Gasteiger partial charge in [-0.2, -0.15) is 0 Å². The van der Waals surface area contributed by atoms with Gasteiger partial charge in [-0.05, 0) is 19.1 Å². The number of aryl methyl sites for hydroxylation is 1. The summed E-state index contributed by atoms with van der Waals surface area (Å²) >= 11 is 0. The number of fused-ring (bicyclic) bond motifs is 1. The number of anilines is 1. The summed E-state index contributed by atoms with van der Waals surface area (Å²) < 4.78 is 10.0. The van der Waals surface area contributed by atoms with Gasteiger partial charge in [0.05, 0.1) is 6.42 Å². The Morgan fingerprint density at radius 2 is 2.11 bits per heavy atom. The van der Waals surface area contributed by atoms with Crippen molar-refractivity contribution in [2.45, 2.75) is 13.3 Å². The smallest absolute Gasteiger partial charge is 0.231 e. The molecule has 1 aromatic carbocycles. The molecule has 2 heterocycles. The first-order valence-corrected chi connectivity index (χ1v) is 5.79. The zero-order valence-corrected chi connectivity index (χ0v) is 10.2. The van der Waals surface area contributed by atoms with Crippen LogP contribution in [0.2, 0.25) is 0 Å². The lowest BCUT2D eigenvalue weighted by molar-refractivity contribution is -0.115. The van der Waals surface area contributed by atoms with Crippen LogP contribution in [0.3, 0.4) is 0 Å². The Balaban J connectivity index is 1.76. The van der Waals surface area contributed by atoms with Crippen molar-refractivity contribution in [1.82, 2.24) is 10.3 Å². The fraction of sp³-hybridized carbons (Fsp3) is 0.154. The van der Waals surface area contributed by atoms with Crippen molar-refractivity contribution in [3.05, 3.63) is 41.8 Å². The summed E-state index contributed by atoms with van der Waals surface area (Å²) in [5.41, 5.74) is 1.27. The molecule has 6 heteroatoms. The van der Waals surface area contributed by atoms with Crippen molar-refractivity contribution < 1.29 is 13.8 Å². The average Bonchev–Trinajstić information content (AvgIpc) is 2.97. The number of para-hydroxylation sites is 1. The van der Waals surface area contributed by atoms with Crippen LogP contribution in [0.5, 0.6) is 0 Å². The van der Waals surface area contributed by atoms with Gasteiger partial charge >= 0.3 is 0 Å². The molecule has 0 aliphatic heterocycles. The van der Waals surface area contributed by atoms with Gasteiger partial charge in [-0.3, -0.25) is 4.79 Å². The predicted octanol–water partition coefficient (Wildman–Crippen LogP) is 2.31. The van der Waals surface area contributed by atoms with Gasteiger partial charge in [0, 0.05) is 11.5 Å². The summed E-state index contributed by atoms with van der Waals surface area (Å²) in [4.78, 5) is 11.9. The Labute approximate surface area is 108 Å². The summed E-state index contributed by atoms with van der Waals surface area (Å²) in [6, 6.07) is 9.07. The van der Waals surface area contributed by atoms with Gasteiger partial charge < -0.3 is 14.4 Å². The van der Waals surface area contributed by atoms with Crippen molar-refractivity contribution in [2.24, 2.45) is 0 Å². The van der Waals surface area contributed by atoms with E-state index in [4.69, 9.17) is 9.05 Å². The molecule has 0 aliphatic carbocycles. The maximum absolute atomic E-state index is 11.9.